The van der Waals surface area contributed by atoms with Crippen molar-refractivity contribution in [1.29, 1.82) is 0 Å². The first-order valence-corrected chi connectivity index (χ1v) is 9.62. The summed E-state index contributed by atoms with van der Waals surface area (Å²) in [5, 5.41) is 5.67. The minimum absolute atomic E-state index is 0.0431. The van der Waals surface area contributed by atoms with Gasteiger partial charge in [0.05, 0.1) is 5.92 Å². The number of likely N-dealkylation sites (tertiary alicyclic amines) is 1. The Kier molecular flexibility index (Phi) is 6.42. The lowest BCUT2D eigenvalue weighted by atomic mass is 10.1. The summed E-state index contributed by atoms with van der Waals surface area (Å²) in [6, 6.07) is 16.0. The van der Waals surface area contributed by atoms with Crippen LogP contribution in [0, 0.1) is 5.92 Å². The van der Waals surface area contributed by atoms with Crippen molar-refractivity contribution in [2.45, 2.75) is 26.2 Å². The van der Waals surface area contributed by atoms with Gasteiger partial charge >= 0.3 is 0 Å². The summed E-state index contributed by atoms with van der Waals surface area (Å²) in [5.74, 6) is -0.655. The molecule has 1 aliphatic rings. The highest BCUT2D eigenvalue weighted by Crippen LogP contribution is 2.21. The molecule has 1 aliphatic heterocycles. The lowest BCUT2D eigenvalue weighted by Crippen LogP contribution is -2.29. The zero-order valence-corrected chi connectivity index (χ0v) is 16.0. The second-order valence-electron chi connectivity index (χ2n) is 6.98. The zero-order chi connectivity index (χ0) is 19.9. The van der Waals surface area contributed by atoms with Gasteiger partial charge in [-0.3, -0.25) is 14.4 Å². The first-order valence-electron chi connectivity index (χ1n) is 9.62. The van der Waals surface area contributed by atoms with Crippen molar-refractivity contribution >= 4 is 29.1 Å². The highest BCUT2D eigenvalue weighted by atomic mass is 16.2. The topological polar surface area (TPSA) is 78.5 Å². The van der Waals surface area contributed by atoms with Crippen LogP contribution in [0.4, 0.5) is 11.4 Å². The third kappa shape index (κ3) is 4.97. The molecular formula is C22H25N3O3. The molecule has 1 unspecified atom stereocenters. The Morgan fingerprint density at radius 3 is 2.36 bits per heavy atom. The van der Waals surface area contributed by atoms with Gasteiger partial charge < -0.3 is 15.5 Å². The van der Waals surface area contributed by atoms with Crippen molar-refractivity contribution in [3.8, 4) is 0 Å². The van der Waals surface area contributed by atoms with Crippen LogP contribution in [0.5, 0.6) is 0 Å². The second kappa shape index (κ2) is 9.17. The number of hydrogen-bond acceptors (Lipinski definition) is 3. The summed E-state index contributed by atoms with van der Waals surface area (Å²) in [7, 11) is 0. The molecule has 1 saturated heterocycles. The number of carbonyl (C=O) groups is 3. The molecule has 1 atom stereocenters. The Balaban J connectivity index is 1.54. The molecule has 2 N–H and O–H groups in total. The van der Waals surface area contributed by atoms with Gasteiger partial charge in [0.1, 0.15) is 0 Å². The Labute approximate surface area is 164 Å². The van der Waals surface area contributed by atoms with Crippen LogP contribution in [0.3, 0.4) is 0 Å². The fourth-order valence-electron chi connectivity index (χ4n) is 3.19. The van der Waals surface area contributed by atoms with Gasteiger partial charge in [0, 0.05) is 36.4 Å². The highest BCUT2D eigenvalue weighted by Gasteiger charge is 2.33. The van der Waals surface area contributed by atoms with Crippen LogP contribution in [-0.4, -0.2) is 35.7 Å². The number of unbranched alkanes of at least 4 members (excludes halogenated alkanes) is 1. The quantitative estimate of drug-likeness (QED) is 0.772. The second-order valence-corrected chi connectivity index (χ2v) is 6.98. The molecule has 3 amide bonds. The molecule has 1 heterocycles. The fourth-order valence-corrected chi connectivity index (χ4v) is 3.19. The fraction of sp³-hybridized carbons (Fsp3) is 0.318. The van der Waals surface area contributed by atoms with Crippen LogP contribution in [0.15, 0.2) is 54.6 Å². The van der Waals surface area contributed by atoms with Crippen molar-refractivity contribution in [3.63, 3.8) is 0 Å². The normalized spacial score (nSPS) is 16.1. The first kappa shape index (κ1) is 19.6. The van der Waals surface area contributed by atoms with E-state index in [2.05, 4.69) is 17.6 Å². The lowest BCUT2D eigenvalue weighted by molar-refractivity contribution is -0.128. The van der Waals surface area contributed by atoms with E-state index < -0.39 is 0 Å². The standard InChI is InChI=1S/C22H25N3O3/c1-2-3-13-25-15-17(14-20(25)26)22(28)24-19-11-9-16(10-12-19)21(27)23-18-7-5-4-6-8-18/h4-12,17H,2-3,13-15H2,1H3,(H,23,27)(H,24,28). The van der Waals surface area contributed by atoms with Crippen molar-refractivity contribution in [1.82, 2.24) is 4.90 Å². The van der Waals surface area contributed by atoms with E-state index in [-0.39, 0.29) is 30.1 Å². The maximum absolute atomic E-state index is 12.5. The van der Waals surface area contributed by atoms with Gasteiger partial charge in [0.2, 0.25) is 11.8 Å². The van der Waals surface area contributed by atoms with Gasteiger partial charge in [-0.1, -0.05) is 31.5 Å². The molecule has 0 bridgehead atoms. The van der Waals surface area contributed by atoms with Gasteiger partial charge in [0.15, 0.2) is 0 Å². The third-order valence-electron chi connectivity index (χ3n) is 4.81. The number of hydrogen-bond donors (Lipinski definition) is 2. The average Bonchev–Trinajstić information content (AvgIpc) is 3.08. The summed E-state index contributed by atoms with van der Waals surface area (Å²) in [4.78, 5) is 38.5. The number of para-hydroxylation sites is 1. The molecule has 0 aromatic heterocycles. The first-order chi connectivity index (χ1) is 13.6. The molecule has 2 aromatic rings. The molecule has 6 nitrogen and oxygen atoms in total. The highest BCUT2D eigenvalue weighted by molar-refractivity contribution is 6.04. The molecule has 3 rings (SSSR count). The maximum atomic E-state index is 12.5. The Morgan fingerprint density at radius 2 is 1.68 bits per heavy atom. The summed E-state index contributed by atoms with van der Waals surface area (Å²) in [6.45, 7) is 3.26. The van der Waals surface area contributed by atoms with Crippen LogP contribution in [0.2, 0.25) is 0 Å². The average molecular weight is 379 g/mol. The number of benzene rings is 2. The summed E-state index contributed by atoms with van der Waals surface area (Å²) >= 11 is 0. The van der Waals surface area contributed by atoms with Crippen molar-refractivity contribution in [3.05, 3.63) is 60.2 Å². The number of rotatable bonds is 7. The predicted molar refractivity (Wildman–Crippen MR) is 109 cm³/mol. The minimum atomic E-state index is -0.328. The molecule has 0 radical (unpaired) electrons. The molecule has 146 valence electrons. The molecule has 0 aliphatic carbocycles. The number of amides is 3. The SMILES string of the molecule is CCCCN1CC(C(=O)Nc2ccc(C(=O)Nc3ccccc3)cc2)CC1=O. The van der Waals surface area contributed by atoms with Crippen LogP contribution in [0.25, 0.3) is 0 Å². The molecule has 1 fully saturated rings. The zero-order valence-electron chi connectivity index (χ0n) is 16.0. The van der Waals surface area contributed by atoms with Gasteiger partial charge in [-0.25, -0.2) is 0 Å². The van der Waals surface area contributed by atoms with Crippen LogP contribution >= 0.6 is 0 Å². The maximum Gasteiger partial charge on any atom is 0.255 e. The summed E-state index contributed by atoms with van der Waals surface area (Å²) in [6.07, 6.45) is 2.23. The van der Waals surface area contributed by atoms with Gasteiger partial charge in [-0.15, -0.1) is 0 Å². The molecule has 0 spiro atoms. The number of anilines is 2. The molecule has 0 saturated carbocycles. The Hall–Kier alpha value is -3.15. The van der Waals surface area contributed by atoms with E-state index in [1.807, 2.05) is 30.3 Å². The van der Waals surface area contributed by atoms with E-state index in [0.29, 0.717) is 24.3 Å². The molecule has 2 aromatic carbocycles. The third-order valence-corrected chi connectivity index (χ3v) is 4.81. The number of nitrogens with zero attached hydrogens (tertiary/aromatic N) is 1. The van der Waals surface area contributed by atoms with Crippen molar-refractivity contribution < 1.29 is 14.4 Å². The predicted octanol–water partition coefficient (Wildman–Crippen LogP) is 3.53. The van der Waals surface area contributed by atoms with E-state index >= 15 is 0 Å². The van der Waals surface area contributed by atoms with E-state index in [1.54, 1.807) is 29.2 Å². The lowest BCUT2D eigenvalue weighted by Gasteiger charge is -2.16. The molecule has 28 heavy (non-hydrogen) atoms. The van der Waals surface area contributed by atoms with Gasteiger partial charge in [0.25, 0.3) is 5.91 Å². The van der Waals surface area contributed by atoms with E-state index in [4.69, 9.17) is 0 Å². The Bertz CT molecular complexity index is 834. The van der Waals surface area contributed by atoms with Crippen molar-refractivity contribution in [2.75, 3.05) is 23.7 Å². The van der Waals surface area contributed by atoms with Crippen molar-refractivity contribution in [2.24, 2.45) is 5.92 Å². The van der Waals surface area contributed by atoms with Crippen LogP contribution in [-0.2, 0) is 9.59 Å². The number of carbonyl (C=O) groups excluding carboxylic acids is 3. The minimum Gasteiger partial charge on any atom is -0.342 e. The van der Waals surface area contributed by atoms with Crippen LogP contribution < -0.4 is 10.6 Å². The van der Waals surface area contributed by atoms with E-state index in [9.17, 15) is 14.4 Å². The van der Waals surface area contributed by atoms with Crippen LogP contribution in [0.1, 0.15) is 36.5 Å². The summed E-state index contributed by atoms with van der Waals surface area (Å²) < 4.78 is 0. The Morgan fingerprint density at radius 1 is 1.00 bits per heavy atom. The largest absolute Gasteiger partial charge is 0.342 e. The monoisotopic (exact) mass is 379 g/mol. The smallest absolute Gasteiger partial charge is 0.255 e. The van der Waals surface area contributed by atoms with Gasteiger partial charge in [-0.2, -0.15) is 0 Å². The van der Waals surface area contributed by atoms with Gasteiger partial charge in [-0.05, 0) is 42.8 Å². The van der Waals surface area contributed by atoms with E-state index in [1.165, 1.54) is 0 Å². The molecular weight excluding hydrogens is 354 g/mol. The summed E-state index contributed by atoms with van der Waals surface area (Å²) in [5.41, 5.74) is 1.84. The number of nitrogens with one attached hydrogen (secondary N) is 2. The molecule has 6 heteroatoms. The van der Waals surface area contributed by atoms with E-state index in [0.717, 1.165) is 18.5 Å².